The largest absolute Gasteiger partial charge is 0.480 e. The minimum Gasteiger partial charge on any atom is -0.480 e. The summed E-state index contributed by atoms with van der Waals surface area (Å²) in [6, 6.07) is 7.61. The summed E-state index contributed by atoms with van der Waals surface area (Å²) < 4.78 is 0. The number of nitrogens with one attached hydrogen (secondary N) is 2. The van der Waals surface area contributed by atoms with Gasteiger partial charge in [-0.15, -0.1) is 0 Å². The van der Waals surface area contributed by atoms with Gasteiger partial charge in [-0.3, -0.25) is 9.69 Å². The van der Waals surface area contributed by atoms with Crippen LogP contribution in [0.5, 0.6) is 0 Å². The average molecular weight is 396 g/mol. The molecular weight excluding hydrogens is 366 g/mol. The first-order valence-electron chi connectivity index (χ1n) is 9.56. The Bertz CT molecular complexity index is 630. The molecule has 1 unspecified atom stereocenters. The van der Waals surface area contributed by atoms with Crippen LogP contribution in [0.1, 0.15) is 51.6 Å². The molecule has 1 aromatic carbocycles. The van der Waals surface area contributed by atoms with Crippen LogP contribution in [0.2, 0.25) is 5.02 Å². The van der Waals surface area contributed by atoms with E-state index >= 15 is 0 Å². The van der Waals surface area contributed by atoms with E-state index in [9.17, 15) is 9.59 Å². The van der Waals surface area contributed by atoms with Gasteiger partial charge in [0.2, 0.25) is 0 Å². The first-order valence-corrected chi connectivity index (χ1v) is 9.94. The lowest BCUT2D eigenvalue weighted by Crippen LogP contribution is -2.56. The van der Waals surface area contributed by atoms with Gasteiger partial charge in [-0.25, -0.2) is 4.79 Å². The monoisotopic (exact) mass is 395 g/mol. The van der Waals surface area contributed by atoms with Crippen molar-refractivity contribution in [3.05, 3.63) is 34.9 Å². The molecule has 1 saturated carbocycles. The third kappa shape index (κ3) is 6.70. The van der Waals surface area contributed by atoms with E-state index in [0.29, 0.717) is 17.5 Å². The highest BCUT2D eigenvalue weighted by Gasteiger charge is 2.34. The summed E-state index contributed by atoms with van der Waals surface area (Å²) >= 11 is 5.97. The molecule has 0 saturated heterocycles. The number of carboxylic acids is 1. The second-order valence-electron chi connectivity index (χ2n) is 7.63. The molecule has 1 aliphatic rings. The van der Waals surface area contributed by atoms with E-state index in [2.05, 4.69) is 24.5 Å². The van der Waals surface area contributed by atoms with Crippen LogP contribution in [0, 0.1) is 5.92 Å². The maximum absolute atomic E-state index is 12.4. The number of urea groups is 1. The molecule has 0 heterocycles. The summed E-state index contributed by atoms with van der Waals surface area (Å²) in [5, 5.41) is 15.7. The molecule has 1 aromatic rings. The number of halogens is 1. The molecule has 27 heavy (non-hydrogen) atoms. The number of hydrogen-bond acceptors (Lipinski definition) is 3. The van der Waals surface area contributed by atoms with Gasteiger partial charge < -0.3 is 15.7 Å². The molecule has 0 radical (unpaired) electrons. The van der Waals surface area contributed by atoms with Crippen molar-refractivity contribution in [2.24, 2.45) is 5.92 Å². The van der Waals surface area contributed by atoms with E-state index in [0.717, 1.165) is 24.8 Å². The standard InChI is InChI=1S/C20H30ClN3O3/c1-4-24(12-19(25)26)17-10-16(11-17)22-20(27)23-18(9-13(2)3)14-5-7-15(21)8-6-14/h5-8,13,16-18H,4,9-12H2,1-3H3,(H,25,26)(H2,22,23,27). The number of benzene rings is 1. The number of amides is 2. The number of likely N-dealkylation sites (N-methyl/N-ethyl adjacent to an activating group) is 1. The van der Waals surface area contributed by atoms with Gasteiger partial charge in [-0.1, -0.05) is 44.5 Å². The van der Waals surface area contributed by atoms with E-state index in [-0.39, 0.29) is 30.7 Å². The first-order chi connectivity index (χ1) is 12.8. The van der Waals surface area contributed by atoms with Gasteiger partial charge in [0.1, 0.15) is 0 Å². The number of carbonyl (C=O) groups is 2. The molecule has 150 valence electrons. The summed E-state index contributed by atoms with van der Waals surface area (Å²) in [5.74, 6) is -0.376. The van der Waals surface area contributed by atoms with Crippen molar-refractivity contribution in [3.63, 3.8) is 0 Å². The molecule has 7 heteroatoms. The van der Waals surface area contributed by atoms with Gasteiger partial charge in [-0.05, 0) is 49.4 Å². The van der Waals surface area contributed by atoms with E-state index in [1.54, 1.807) is 0 Å². The Labute approximate surface area is 166 Å². The number of aliphatic carboxylic acids is 1. The third-order valence-electron chi connectivity index (χ3n) is 4.99. The van der Waals surface area contributed by atoms with Crippen molar-refractivity contribution in [1.82, 2.24) is 15.5 Å². The zero-order valence-corrected chi connectivity index (χ0v) is 17.0. The fourth-order valence-corrected chi connectivity index (χ4v) is 3.63. The Kier molecular flexibility index (Phi) is 7.92. The third-order valence-corrected chi connectivity index (χ3v) is 5.25. The summed E-state index contributed by atoms with van der Waals surface area (Å²) in [7, 11) is 0. The van der Waals surface area contributed by atoms with Crippen LogP contribution >= 0.6 is 11.6 Å². The molecule has 2 rings (SSSR count). The lowest BCUT2D eigenvalue weighted by Gasteiger charge is -2.42. The van der Waals surface area contributed by atoms with Crippen LogP contribution in [-0.4, -0.2) is 47.2 Å². The number of rotatable bonds is 9. The van der Waals surface area contributed by atoms with Gasteiger partial charge >= 0.3 is 12.0 Å². The SMILES string of the molecule is CCN(CC(=O)O)C1CC(NC(=O)NC(CC(C)C)c2ccc(Cl)cc2)C1. The highest BCUT2D eigenvalue weighted by Crippen LogP contribution is 2.26. The van der Waals surface area contributed by atoms with Gasteiger partial charge in [0.05, 0.1) is 12.6 Å². The predicted octanol–water partition coefficient (Wildman–Crippen LogP) is 3.66. The molecule has 1 fully saturated rings. The molecular formula is C20H30ClN3O3. The number of nitrogens with zero attached hydrogens (tertiary/aromatic N) is 1. The average Bonchev–Trinajstić information content (AvgIpc) is 2.55. The second kappa shape index (κ2) is 9.95. The Morgan fingerprint density at radius 3 is 2.41 bits per heavy atom. The molecule has 1 aliphatic carbocycles. The second-order valence-corrected chi connectivity index (χ2v) is 8.07. The van der Waals surface area contributed by atoms with E-state index in [4.69, 9.17) is 16.7 Å². The lowest BCUT2D eigenvalue weighted by molar-refractivity contribution is -0.139. The maximum atomic E-state index is 12.4. The molecule has 6 nitrogen and oxygen atoms in total. The summed E-state index contributed by atoms with van der Waals surface area (Å²) in [4.78, 5) is 25.3. The van der Waals surface area contributed by atoms with Crippen molar-refractivity contribution in [2.75, 3.05) is 13.1 Å². The minimum absolute atomic E-state index is 0.0487. The van der Waals surface area contributed by atoms with Crippen LogP contribution in [0.3, 0.4) is 0 Å². The highest BCUT2D eigenvalue weighted by molar-refractivity contribution is 6.30. The lowest BCUT2D eigenvalue weighted by atomic mass is 9.85. The fraction of sp³-hybridized carbons (Fsp3) is 0.600. The molecule has 1 atom stereocenters. The minimum atomic E-state index is -0.814. The van der Waals surface area contributed by atoms with Crippen molar-refractivity contribution >= 4 is 23.6 Å². The topological polar surface area (TPSA) is 81.7 Å². The van der Waals surface area contributed by atoms with Crippen LogP contribution in [0.25, 0.3) is 0 Å². The zero-order valence-electron chi connectivity index (χ0n) is 16.2. The Balaban J connectivity index is 1.86. The van der Waals surface area contributed by atoms with Crippen molar-refractivity contribution in [2.45, 2.75) is 58.2 Å². The van der Waals surface area contributed by atoms with Crippen molar-refractivity contribution < 1.29 is 14.7 Å². The summed E-state index contributed by atoms with van der Waals surface area (Å²) in [6.45, 7) is 6.96. The van der Waals surface area contributed by atoms with Crippen LogP contribution in [0.15, 0.2) is 24.3 Å². The van der Waals surface area contributed by atoms with Crippen LogP contribution in [-0.2, 0) is 4.79 Å². The van der Waals surface area contributed by atoms with Gasteiger partial charge in [-0.2, -0.15) is 0 Å². The number of hydrogen-bond donors (Lipinski definition) is 3. The normalized spacial score (nSPS) is 20.2. The zero-order chi connectivity index (χ0) is 20.0. The summed E-state index contributed by atoms with van der Waals surface area (Å²) in [5.41, 5.74) is 1.04. The van der Waals surface area contributed by atoms with E-state index < -0.39 is 5.97 Å². The van der Waals surface area contributed by atoms with Gasteiger partial charge in [0.25, 0.3) is 0 Å². The molecule has 0 aliphatic heterocycles. The van der Waals surface area contributed by atoms with Crippen LogP contribution in [0.4, 0.5) is 4.79 Å². The van der Waals surface area contributed by atoms with Crippen molar-refractivity contribution in [1.29, 1.82) is 0 Å². The molecule has 3 N–H and O–H groups in total. The fourth-order valence-electron chi connectivity index (χ4n) is 3.51. The van der Waals surface area contributed by atoms with Crippen molar-refractivity contribution in [3.8, 4) is 0 Å². The predicted molar refractivity (Wildman–Crippen MR) is 107 cm³/mol. The molecule has 0 bridgehead atoms. The molecule has 0 aromatic heterocycles. The number of carboxylic acid groups (broad SMARTS) is 1. The number of carbonyl (C=O) groups excluding carboxylic acids is 1. The Morgan fingerprint density at radius 2 is 1.89 bits per heavy atom. The molecule has 0 spiro atoms. The van der Waals surface area contributed by atoms with Crippen LogP contribution < -0.4 is 10.6 Å². The Hall–Kier alpha value is -1.79. The molecule has 2 amide bonds. The quantitative estimate of drug-likeness (QED) is 0.596. The smallest absolute Gasteiger partial charge is 0.317 e. The maximum Gasteiger partial charge on any atom is 0.317 e. The highest BCUT2D eigenvalue weighted by atomic mass is 35.5. The van der Waals surface area contributed by atoms with Gasteiger partial charge in [0, 0.05) is 17.1 Å². The van der Waals surface area contributed by atoms with E-state index in [1.807, 2.05) is 36.1 Å². The van der Waals surface area contributed by atoms with Gasteiger partial charge in [0.15, 0.2) is 0 Å². The first kappa shape index (κ1) is 21.5. The Morgan fingerprint density at radius 1 is 1.26 bits per heavy atom. The van der Waals surface area contributed by atoms with E-state index in [1.165, 1.54) is 0 Å². The summed E-state index contributed by atoms with van der Waals surface area (Å²) in [6.07, 6.45) is 2.40.